The Bertz CT molecular complexity index is 716. The van der Waals surface area contributed by atoms with Crippen molar-refractivity contribution in [1.82, 2.24) is 25.3 Å². The van der Waals surface area contributed by atoms with E-state index in [9.17, 15) is 4.79 Å². The molecule has 0 atom stereocenters. The average Bonchev–Trinajstić information content (AvgIpc) is 2.91. The van der Waals surface area contributed by atoms with Crippen LogP contribution in [-0.4, -0.2) is 46.2 Å². The van der Waals surface area contributed by atoms with Gasteiger partial charge in [0, 0.05) is 25.2 Å². The SMILES string of the molecule is COC(=O)NCCNc1nccc(-c2nc(C3CCC3)[nH]c2Br)n1. The van der Waals surface area contributed by atoms with E-state index in [1.54, 1.807) is 6.20 Å². The van der Waals surface area contributed by atoms with E-state index in [2.05, 4.69) is 51.2 Å². The molecule has 128 valence electrons. The molecule has 3 N–H and O–H groups in total. The molecule has 1 aliphatic carbocycles. The van der Waals surface area contributed by atoms with E-state index in [1.807, 2.05) is 6.07 Å². The number of halogens is 1. The number of nitrogens with zero attached hydrogens (tertiary/aromatic N) is 3. The minimum absolute atomic E-state index is 0.415. The Hall–Kier alpha value is -2.16. The number of rotatable bonds is 6. The topological polar surface area (TPSA) is 105 Å². The molecule has 2 aromatic heterocycles. The van der Waals surface area contributed by atoms with Crippen LogP contribution < -0.4 is 10.6 Å². The zero-order valence-electron chi connectivity index (χ0n) is 13.3. The fraction of sp³-hybridized carbons (Fsp3) is 0.467. The maximum atomic E-state index is 11.0. The summed E-state index contributed by atoms with van der Waals surface area (Å²) in [5.41, 5.74) is 1.53. The van der Waals surface area contributed by atoms with Gasteiger partial charge in [-0.25, -0.2) is 19.7 Å². The highest BCUT2D eigenvalue weighted by atomic mass is 79.9. The van der Waals surface area contributed by atoms with Crippen molar-refractivity contribution < 1.29 is 9.53 Å². The molecule has 2 aromatic rings. The Morgan fingerprint density at radius 2 is 2.25 bits per heavy atom. The molecule has 1 saturated carbocycles. The van der Waals surface area contributed by atoms with E-state index in [0.29, 0.717) is 25.0 Å². The molecular weight excluding hydrogens is 376 g/mol. The molecule has 0 radical (unpaired) electrons. The lowest BCUT2D eigenvalue weighted by molar-refractivity contribution is 0.171. The van der Waals surface area contributed by atoms with Crippen LogP contribution in [0.3, 0.4) is 0 Å². The number of methoxy groups -OCH3 is 1. The molecule has 0 bridgehead atoms. The molecule has 1 fully saturated rings. The van der Waals surface area contributed by atoms with E-state index in [4.69, 9.17) is 0 Å². The second kappa shape index (κ2) is 7.61. The quantitative estimate of drug-likeness (QED) is 0.650. The van der Waals surface area contributed by atoms with Gasteiger partial charge < -0.3 is 20.4 Å². The molecular formula is C15H19BrN6O2. The number of carbonyl (C=O) groups is 1. The minimum Gasteiger partial charge on any atom is -0.453 e. The van der Waals surface area contributed by atoms with Gasteiger partial charge in [0.25, 0.3) is 0 Å². The van der Waals surface area contributed by atoms with Crippen LogP contribution >= 0.6 is 15.9 Å². The van der Waals surface area contributed by atoms with Crippen molar-refractivity contribution in [3.8, 4) is 11.4 Å². The lowest BCUT2D eigenvalue weighted by atomic mass is 9.85. The highest BCUT2D eigenvalue weighted by Gasteiger charge is 2.24. The lowest BCUT2D eigenvalue weighted by Crippen LogP contribution is -2.28. The molecule has 24 heavy (non-hydrogen) atoms. The molecule has 0 aromatic carbocycles. The van der Waals surface area contributed by atoms with Gasteiger partial charge in [0.2, 0.25) is 5.95 Å². The lowest BCUT2D eigenvalue weighted by Gasteiger charge is -2.22. The normalized spacial score (nSPS) is 14.1. The number of ether oxygens (including phenoxy) is 1. The van der Waals surface area contributed by atoms with E-state index < -0.39 is 6.09 Å². The van der Waals surface area contributed by atoms with Gasteiger partial charge in [-0.05, 0) is 34.8 Å². The number of H-pyrrole nitrogens is 1. The number of carbonyl (C=O) groups excluding carboxylic acids is 1. The van der Waals surface area contributed by atoms with Crippen molar-refractivity contribution >= 4 is 28.0 Å². The van der Waals surface area contributed by atoms with Crippen LogP contribution in [0.1, 0.15) is 31.0 Å². The van der Waals surface area contributed by atoms with Crippen molar-refractivity contribution in [2.24, 2.45) is 0 Å². The van der Waals surface area contributed by atoms with Crippen LogP contribution in [-0.2, 0) is 4.74 Å². The van der Waals surface area contributed by atoms with Gasteiger partial charge in [0.15, 0.2) is 0 Å². The summed E-state index contributed by atoms with van der Waals surface area (Å²) in [7, 11) is 1.33. The Kier molecular flexibility index (Phi) is 5.29. The average molecular weight is 395 g/mol. The number of alkyl carbamates (subject to hydrolysis) is 1. The predicted molar refractivity (Wildman–Crippen MR) is 92.8 cm³/mol. The summed E-state index contributed by atoms with van der Waals surface area (Å²) in [5.74, 6) is 2.02. The first-order chi connectivity index (χ1) is 11.7. The monoisotopic (exact) mass is 394 g/mol. The molecule has 0 aliphatic heterocycles. The van der Waals surface area contributed by atoms with Crippen LogP contribution in [0.4, 0.5) is 10.7 Å². The minimum atomic E-state index is -0.463. The number of hydrogen-bond donors (Lipinski definition) is 3. The first-order valence-electron chi connectivity index (χ1n) is 7.82. The number of aromatic amines is 1. The van der Waals surface area contributed by atoms with Crippen LogP contribution in [0.25, 0.3) is 11.4 Å². The van der Waals surface area contributed by atoms with E-state index in [1.165, 1.54) is 26.4 Å². The van der Waals surface area contributed by atoms with Crippen molar-refractivity contribution in [2.45, 2.75) is 25.2 Å². The fourth-order valence-electron chi connectivity index (χ4n) is 2.40. The van der Waals surface area contributed by atoms with Crippen molar-refractivity contribution in [3.05, 3.63) is 22.7 Å². The summed E-state index contributed by atoms with van der Waals surface area (Å²) < 4.78 is 5.34. The molecule has 8 nitrogen and oxygen atoms in total. The molecule has 0 unspecified atom stereocenters. The van der Waals surface area contributed by atoms with Crippen LogP contribution in [0.2, 0.25) is 0 Å². The van der Waals surface area contributed by atoms with Gasteiger partial charge in [-0.1, -0.05) is 6.42 Å². The number of imidazole rings is 1. The third kappa shape index (κ3) is 3.84. The maximum Gasteiger partial charge on any atom is 0.406 e. The summed E-state index contributed by atoms with van der Waals surface area (Å²) in [6.45, 7) is 0.909. The Morgan fingerprint density at radius 1 is 1.42 bits per heavy atom. The van der Waals surface area contributed by atoms with Crippen LogP contribution in [0, 0.1) is 0 Å². The molecule has 9 heteroatoms. The van der Waals surface area contributed by atoms with Gasteiger partial charge >= 0.3 is 6.09 Å². The van der Waals surface area contributed by atoms with Gasteiger partial charge in [0.1, 0.15) is 16.1 Å². The molecule has 1 aliphatic rings. The number of amides is 1. The van der Waals surface area contributed by atoms with Crippen molar-refractivity contribution in [1.29, 1.82) is 0 Å². The molecule has 2 heterocycles. The number of anilines is 1. The summed E-state index contributed by atoms with van der Waals surface area (Å²) in [6.07, 6.45) is 4.85. The summed E-state index contributed by atoms with van der Waals surface area (Å²) in [4.78, 5) is 27.6. The molecule has 1 amide bonds. The van der Waals surface area contributed by atoms with Crippen molar-refractivity contribution in [2.75, 3.05) is 25.5 Å². The van der Waals surface area contributed by atoms with Gasteiger partial charge in [-0.15, -0.1) is 0 Å². The van der Waals surface area contributed by atoms with E-state index in [-0.39, 0.29) is 0 Å². The second-order valence-electron chi connectivity index (χ2n) is 5.52. The van der Waals surface area contributed by atoms with Crippen LogP contribution in [0.15, 0.2) is 16.9 Å². The number of hydrogen-bond acceptors (Lipinski definition) is 6. The standard InChI is InChI=1S/C15H19BrN6O2/c1-24-15(23)19-8-7-18-14-17-6-5-10(20-14)11-12(16)22-13(21-11)9-3-2-4-9/h5-6,9H,2-4,7-8H2,1H3,(H,19,23)(H,21,22)(H,17,18,20). The van der Waals surface area contributed by atoms with Gasteiger partial charge in [-0.3, -0.25) is 0 Å². The molecule has 0 spiro atoms. The zero-order chi connectivity index (χ0) is 16.9. The van der Waals surface area contributed by atoms with Gasteiger partial charge in [0.05, 0.1) is 12.8 Å². The highest BCUT2D eigenvalue weighted by molar-refractivity contribution is 9.10. The summed E-state index contributed by atoms with van der Waals surface area (Å²) in [5, 5.41) is 5.64. The summed E-state index contributed by atoms with van der Waals surface area (Å²) in [6, 6.07) is 1.82. The first-order valence-corrected chi connectivity index (χ1v) is 8.61. The second-order valence-corrected chi connectivity index (χ2v) is 6.32. The van der Waals surface area contributed by atoms with Crippen molar-refractivity contribution in [3.63, 3.8) is 0 Å². The maximum absolute atomic E-state index is 11.0. The Labute approximate surface area is 148 Å². The molecule has 3 rings (SSSR count). The number of nitrogens with one attached hydrogen (secondary N) is 3. The Balaban J connectivity index is 1.64. The highest BCUT2D eigenvalue weighted by Crippen LogP contribution is 2.37. The van der Waals surface area contributed by atoms with Gasteiger partial charge in [-0.2, -0.15) is 0 Å². The third-order valence-electron chi connectivity index (χ3n) is 3.93. The third-order valence-corrected chi connectivity index (χ3v) is 4.50. The smallest absolute Gasteiger partial charge is 0.406 e. The molecule has 0 saturated heterocycles. The Morgan fingerprint density at radius 3 is 2.96 bits per heavy atom. The fourth-order valence-corrected chi connectivity index (χ4v) is 2.90. The first kappa shape index (κ1) is 16.7. The summed E-state index contributed by atoms with van der Waals surface area (Å²) >= 11 is 3.53. The number of aromatic nitrogens is 4. The zero-order valence-corrected chi connectivity index (χ0v) is 14.9. The largest absolute Gasteiger partial charge is 0.453 e. The van der Waals surface area contributed by atoms with E-state index >= 15 is 0 Å². The predicted octanol–water partition coefficient (Wildman–Crippen LogP) is 2.66. The van der Waals surface area contributed by atoms with E-state index in [0.717, 1.165) is 21.8 Å². The van der Waals surface area contributed by atoms with Crippen LogP contribution in [0.5, 0.6) is 0 Å².